The van der Waals surface area contributed by atoms with Crippen molar-refractivity contribution in [3.63, 3.8) is 0 Å². The lowest BCUT2D eigenvalue weighted by Gasteiger charge is -2.35. The number of ether oxygens (including phenoxy) is 1. The fourth-order valence-electron chi connectivity index (χ4n) is 3.69. The van der Waals surface area contributed by atoms with Gasteiger partial charge in [0.15, 0.2) is 6.61 Å². The molecule has 0 aliphatic carbocycles. The third kappa shape index (κ3) is 4.09. The highest BCUT2D eigenvalue weighted by atomic mass is 16.5. The summed E-state index contributed by atoms with van der Waals surface area (Å²) in [7, 11) is 0. The Kier molecular flexibility index (Phi) is 5.47. The minimum absolute atomic E-state index is 0.000251. The van der Waals surface area contributed by atoms with E-state index in [4.69, 9.17) is 4.74 Å². The number of amides is 2. The molecule has 4 rings (SSSR count). The Morgan fingerprint density at radius 2 is 1.48 bits per heavy atom. The second-order valence-electron chi connectivity index (χ2n) is 7.25. The molecule has 5 heteroatoms. The van der Waals surface area contributed by atoms with Crippen molar-refractivity contribution < 1.29 is 14.3 Å². The lowest BCUT2D eigenvalue weighted by molar-refractivity contribution is -0.134. The number of nitrogens with zero attached hydrogens (tertiary/aromatic N) is 2. The minimum Gasteiger partial charge on any atom is -0.483 e. The summed E-state index contributed by atoms with van der Waals surface area (Å²) in [5.41, 5.74) is 1.70. The van der Waals surface area contributed by atoms with Gasteiger partial charge in [0.1, 0.15) is 5.75 Å². The Bertz CT molecular complexity index is 1030. The van der Waals surface area contributed by atoms with Crippen molar-refractivity contribution in [2.24, 2.45) is 0 Å². The summed E-state index contributed by atoms with van der Waals surface area (Å²) in [6.07, 6.45) is 0. The van der Waals surface area contributed by atoms with Gasteiger partial charge in [0.05, 0.1) is 0 Å². The Hall–Kier alpha value is -3.34. The maximum absolute atomic E-state index is 12.7. The zero-order valence-electron chi connectivity index (χ0n) is 16.5. The number of benzene rings is 3. The van der Waals surface area contributed by atoms with Gasteiger partial charge in [-0.2, -0.15) is 0 Å². The van der Waals surface area contributed by atoms with Crippen LogP contribution in [-0.4, -0.2) is 54.4 Å². The van der Waals surface area contributed by atoms with Crippen LogP contribution in [0.25, 0.3) is 10.8 Å². The second-order valence-corrected chi connectivity index (χ2v) is 7.25. The highest BCUT2D eigenvalue weighted by Crippen LogP contribution is 2.25. The normalized spacial score (nSPS) is 14.1. The highest BCUT2D eigenvalue weighted by Gasteiger charge is 2.25. The molecule has 0 radical (unpaired) electrons. The lowest BCUT2D eigenvalue weighted by atomic mass is 10.1. The van der Waals surface area contributed by atoms with Gasteiger partial charge in [0, 0.05) is 37.1 Å². The molecule has 0 bridgehead atoms. The van der Waals surface area contributed by atoms with Gasteiger partial charge in [-0.05, 0) is 30.0 Å². The number of carbonyl (C=O) groups is 2. The molecule has 1 aliphatic rings. The largest absolute Gasteiger partial charge is 0.483 e. The van der Waals surface area contributed by atoms with Crippen LogP contribution in [-0.2, 0) is 4.79 Å². The number of hydrogen-bond acceptors (Lipinski definition) is 3. The van der Waals surface area contributed by atoms with Gasteiger partial charge in [-0.3, -0.25) is 9.59 Å². The van der Waals surface area contributed by atoms with E-state index < -0.39 is 0 Å². The van der Waals surface area contributed by atoms with Gasteiger partial charge in [-0.15, -0.1) is 0 Å². The Morgan fingerprint density at radius 1 is 0.828 bits per heavy atom. The molecular weight excluding hydrogens is 364 g/mol. The van der Waals surface area contributed by atoms with E-state index in [1.165, 1.54) is 0 Å². The van der Waals surface area contributed by atoms with Crippen LogP contribution in [0, 0.1) is 6.92 Å². The molecule has 148 valence electrons. The first-order valence-electron chi connectivity index (χ1n) is 9.87. The summed E-state index contributed by atoms with van der Waals surface area (Å²) >= 11 is 0. The highest BCUT2D eigenvalue weighted by molar-refractivity contribution is 5.95. The lowest BCUT2D eigenvalue weighted by Crippen LogP contribution is -2.51. The fourth-order valence-corrected chi connectivity index (χ4v) is 3.69. The molecule has 3 aromatic carbocycles. The van der Waals surface area contributed by atoms with E-state index in [-0.39, 0.29) is 18.4 Å². The van der Waals surface area contributed by atoms with Crippen molar-refractivity contribution in [1.82, 2.24) is 9.80 Å². The molecule has 0 aromatic heterocycles. The van der Waals surface area contributed by atoms with E-state index in [9.17, 15) is 9.59 Å². The van der Waals surface area contributed by atoms with Gasteiger partial charge in [0.25, 0.3) is 11.8 Å². The topological polar surface area (TPSA) is 49.9 Å². The predicted molar refractivity (Wildman–Crippen MR) is 113 cm³/mol. The molecule has 1 aliphatic heterocycles. The van der Waals surface area contributed by atoms with E-state index in [0.29, 0.717) is 31.9 Å². The quantitative estimate of drug-likeness (QED) is 0.687. The van der Waals surface area contributed by atoms with Gasteiger partial charge in [0.2, 0.25) is 0 Å². The van der Waals surface area contributed by atoms with E-state index in [1.807, 2.05) is 78.6 Å². The maximum atomic E-state index is 12.7. The van der Waals surface area contributed by atoms with Crippen molar-refractivity contribution in [2.75, 3.05) is 32.8 Å². The number of piperazine rings is 1. The predicted octanol–water partition coefficient (Wildman–Crippen LogP) is 3.51. The molecule has 0 spiro atoms. The zero-order valence-corrected chi connectivity index (χ0v) is 16.5. The van der Waals surface area contributed by atoms with Crippen molar-refractivity contribution in [2.45, 2.75) is 6.92 Å². The fraction of sp³-hybridized carbons (Fsp3) is 0.250. The standard InChI is InChI=1S/C24H24N2O3/c1-18-7-2-4-10-20(18)24(28)26-15-13-25(14-16-26)23(27)17-29-22-12-6-9-19-8-3-5-11-21(19)22/h2-12H,13-17H2,1H3. The SMILES string of the molecule is Cc1ccccc1C(=O)N1CCN(C(=O)COc2cccc3ccccc23)CC1. The van der Waals surface area contributed by atoms with Gasteiger partial charge in [-0.25, -0.2) is 0 Å². The summed E-state index contributed by atoms with van der Waals surface area (Å²) < 4.78 is 5.82. The number of fused-ring (bicyclic) bond motifs is 1. The molecule has 3 aromatic rings. The van der Waals surface area contributed by atoms with Crippen LogP contribution in [0.1, 0.15) is 15.9 Å². The van der Waals surface area contributed by atoms with Gasteiger partial charge < -0.3 is 14.5 Å². The number of rotatable bonds is 4. The molecule has 0 saturated carbocycles. The smallest absolute Gasteiger partial charge is 0.260 e. The van der Waals surface area contributed by atoms with Gasteiger partial charge in [-0.1, -0.05) is 54.6 Å². The van der Waals surface area contributed by atoms with Crippen LogP contribution in [0.5, 0.6) is 5.75 Å². The minimum atomic E-state index is -0.0547. The van der Waals surface area contributed by atoms with E-state index in [1.54, 1.807) is 4.90 Å². The summed E-state index contributed by atoms with van der Waals surface area (Å²) in [5, 5.41) is 2.08. The van der Waals surface area contributed by atoms with Crippen molar-refractivity contribution >= 4 is 22.6 Å². The maximum Gasteiger partial charge on any atom is 0.260 e. The molecule has 0 N–H and O–H groups in total. The molecule has 29 heavy (non-hydrogen) atoms. The summed E-state index contributed by atoms with van der Waals surface area (Å²) in [5.74, 6) is 0.688. The Morgan fingerprint density at radius 3 is 2.28 bits per heavy atom. The third-order valence-corrected chi connectivity index (χ3v) is 5.40. The second kappa shape index (κ2) is 8.35. The molecule has 5 nitrogen and oxygen atoms in total. The summed E-state index contributed by atoms with van der Waals surface area (Å²) in [6, 6.07) is 21.4. The first-order valence-corrected chi connectivity index (χ1v) is 9.87. The molecule has 2 amide bonds. The van der Waals surface area contributed by atoms with Crippen LogP contribution in [0.4, 0.5) is 0 Å². The Balaban J connectivity index is 1.33. The molecular formula is C24H24N2O3. The summed E-state index contributed by atoms with van der Waals surface area (Å²) in [4.78, 5) is 28.9. The average molecular weight is 388 g/mol. The van der Waals surface area contributed by atoms with Crippen molar-refractivity contribution in [3.05, 3.63) is 77.9 Å². The van der Waals surface area contributed by atoms with Crippen molar-refractivity contribution in [1.29, 1.82) is 0 Å². The van der Waals surface area contributed by atoms with Gasteiger partial charge >= 0.3 is 0 Å². The molecule has 0 unspecified atom stereocenters. The van der Waals surface area contributed by atoms with E-state index >= 15 is 0 Å². The zero-order chi connectivity index (χ0) is 20.2. The van der Waals surface area contributed by atoms with E-state index in [0.717, 1.165) is 21.9 Å². The molecule has 1 heterocycles. The number of carbonyl (C=O) groups excluding carboxylic acids is 2. The number of hydrogen-bond donors (Lipinski definition) is 0. The van der Waals surface area contributed by atoms with Crippen molar-refractivity contribution in [3.8, 4) is 5.75 Å². The van der Waals surface area contributed by atoms with Crippen LogP contribution >= 0.6 is 0 Å². The average Bonchev–Trinajstić information content (AvgIpc) is 2.77. The van der Waals surface area contributed by atoms with E-state index in [2.05, 4.69) is 0 Å². The third-order valence-electron chi connectivity index (χ3n) is 5.40. The molecule has 0 atom stereocenters. The molecule has 1 fully saturated rings. The van der Waals surface area contributed by atoms with Crippen LogP contribution in [0.15, 0.2) is 66.7 Å². The van der Waals surface area contributed by atoms with Crippen LogP contribution < -0.4 is 4.74 Å². The van der Waals surface area contributed by atoms with Crippen LogP contribution in [0.3, 0.4) is 0 Å². The monoisotopic (exact) mass is 388 g/mol. The first kappa shape index (κ1) is 19.0. The number of aryl methyl sites for hydroxylation is 1. The Labute approximate surface area is 170 Å². The molecule has 1 saturated heterocycles. The first-order chi connectivity index (χ1) is 14.1. The summed E-state index contributed by atoms with van der Waals surface area (Å²) in [6.45, 7) is 4.06. The van der Waals surface area contributed by atoms with Crippen LogP contribution in [0.2, 0.25) is 0 Å².